The van der Waals surface area contributed by atoms with Gasteiger partial charge in [0.1, 0.15) is 30.2 Å². The summed E-state index contributed by atoms with van der Waals surface area (Å²) in [6, 6.07) is -5.14. The molecule has 3 rings (SSSR count). The molecule has 0 aliphatic carbocycles. The van der Waals surface area contributed by atoms with Gasteiger partial charge in [0, 0.05) is 31.4 Å². The number of nitrogens with two attached hydrogens (primary N) is 3. The van der Waals surface area contributed by atoms with E-state index in [4.69, 9.17) is 17.2 Å². The Morgan fingerprint density at radius 2 is 1.67 bits per heavy atom. The van der Waals surface area contributed by atoms with E-state index in [1.165, 1.54) is 17.4 Å². The summed E-state index contributed by atoms with van der Waals surface area (Å²) in [6.07, 6.45) is 6.24. The number of aromatic amines is 1. The van der Waals surface area contributed by atoms with E-state index in [0.717, 1.165) is 0 Å². The highest BCUT2D eigenvalue weighted by atomic mass is 16.2. The number of amides is 6. The Balaban J connectivity index is 1.98. The molecule has 0 bridgehead atoms. The van der Waals surface area contributed by atoms with Gasteiger partial charge in [0.2, 0.25) is 35.4 Å². The Kier molecular flexibility index (Phi) is 15.2. The van der Waals surface area contributed by atoms with Crippen LogP contribution in [0.4, 0.5) is 0 Å². The fourth-order valence-corrected chi connectivity index (χ4v) is 5.87. The first-order valence-electron chi connectivity index (χ1n) is 17.0. The highest BCUT2D eigenvalue weighted by molar-refractivity contribution is 5.98. The van der Waals surface area contributed by atoms with Crippen LogP contribution in [0, 0.1) is 5.92 Å². The van der Waals surface area contributed by atoms with Gasteiger partial charge in [-0.15, -0.1) is 0 Å². The molecule has 0 spiro atoms. The number of H-pyrrole nitrogens is 1. The van der Waals surface area contributed by atoms with Gasteiger partial charge in [-0.3, -0.25) is 33.8 Å². The zero-order valence-corrected chi connectivity index (χ0v) is 28.3. The van der Waals surface area contributed by atoms with Gasteiger partial charge in [-0.2, -0.15) is 0 Å². The van der Waals surface area contributed by atoms with Crippen LogP contribution in [0.1, 0.15) is 70.9 Å². The third-order valence-corrected chi connectivity index (χ3v) is 8.83. The number of rotatable bonds is 12. The smallest absolute Gasteiger partial charge is 0.245 e. The van der Waals surface area contributed by atoms with Gasteiger partial charge in [0.05, 0.1) is 12.9 Å². The molecule has 1 aromatic heterocycles. The lowest BCUT2D eigenvalue weighted by Gasteiger charge is -2.32. The fraction of sp³-hybridized carbons (Fsp3) is 0.677. The summed E-state index contributed by atoms with van der Waals surface area (Å²) in [5.74, 6) is -3.93. The van der Waals surface area contributed by atoms with Crippen molar-refractivity contribution >= 4 is 41.4 Å². The Labute approximate surface area is 285 Å². The monoisotopic (exact) mass is 688 g/mol. The molecular weight excluding hydrogens is 636 g/mol. The summed E-state index contributed by atoms with van der Waals surface area (Å²) in [5.41, 5.74) is 17.1. The predicted molar refractivity (Wildman–Crippen MR) is 180 cm³/mol. The molecule has 6 amide bonds. The number of imidazole rings is 1. The molecule has 12 N–H and O–H groups in total. The van der Waals surface area contributed by atoms with Gasteiger partial charge < -0.3 is 53.7 Å². The number of unbranched alkanes of at least 4 members (excludes halogenated alkanes) is 1. The van der Waals surface area contributed by atoms with Crippen molar-refractivity contribution in [3.05, 3.63) is 18.2 Å². The van der Waals surface area contributed by atoms with E-state index in [-0.39, 0.29) is 44.2 Å². The van der Waals surface area contributed by atoms with Crippen molar-refractivity contribution in [2.45, 2.75) is 102 Å². The Morgan fingerprint density at radius 1 is 0.939 bits per heavy atom. The maximum Gasteiger partial charge on any atom is 0.245 e. The lowest BCUT2D eigenvalue weighted by atomic mass is 9.96. The van der Waals surface area contributed by atoms with Crippen molar-refractivity contribution < 1.29 is 28.8 Å². The standard InChI is InChI=1S/C31H52N12O6/c1-3-18(2)25-29(48)40-21(8-4-5-11-32)30(49)43-13-7-10-23(43)28(47)41-22(14-19-15-35-17-38-19)26(45)37-16-24(44)39-20(27(46)42-25)9-6-12-36-31(33)34/h15,17-18,20-23,25H,3-14,16,32H2,1-2H3,(H,35,38)(H,37,45)(H,39,44)(H,40,48)(H,41,47)(H,42,46)(H4,33,34,36)/t18-,20+,21+,22+,23+,25+/m1/s1. The molecule has 0 unspecified atom stereocenters. The van der Waals surface area contributed by atoms with Crippen LogP contribution < -0.4 is 43.8 Å². The van der Waals surface area contributed by atoms with Crippen molar-refractivity contribution in [1.82, 2.24) is 41.5 Å². The van der Waals surface area contributed by atoms with Gasteiger partial charge in [0.25, 0.3) is 0 Å². The molecule has 2 saturated heterocycles. The molecule has 18 nitrogen and oxygen atoms in total. The van der Waals surface area contributed by atoms with Crippen molar-refractivity contribution in [1.29, 1.82) is 0 Å². The van der Waals surface area contributed by atoms with Crippen molar-refractivity contribution in [3.8, 4) is 0 Å². The van der Waals surface area contributed by atoms with E-state index in [2.05, 4.69) is 41.5 Å². The van der Waals surface area contributed by atoms with Crippen LogP contribution in [-0.4, -0.2) is 113 Å². The molecule has 2 fully saturated rings. The van der Waals surface area contributed by atoms with E-state index in [0.29, 0.717) is 50.8 Å². The van der Waals surface area contributed by atoms with Crippen LogP contribution in [0.25, 0.3) is 0 Å². The molecule has 2 aliphatic rings. The van der Waals surface area contributed by atoms with Crippen LogP contribution in [0.3, 0.4) is 0 Å². The lowest BCUT2D eigenvalue weighted by Crippen LogP contribution is -2.61. The number of aliphatic imine (C=N–C) groups is 1. The zero-order chi connectivity index (χ0) is 35.9. The van der Waals surface area contributed by atoms with Crippen LogP contribution in [0.15, 0.2) is 17.5 Å². The van der Waals surface area contributed by atoms with Crippen molar-refractivity contribution in [2.24, 2.45) is 28.1 Å². The number of carbonyl (C=O) groups excluding carboxylic acids is 6. The van der Waals surface area contributed by atoms with E-state index in [1.54, 1.807) is 6.92 Å². The van der Waals surface area contributed by atoms with E-state index in [1.807, 2.05) is 6.92 Å². The van der Waals surface area contributed by atoms with Crippen LogP contribution >= 0.6 is 0 Å². The van der Waals surface area contributed by atoms with Gasteiger partial charge in [-0.1, -0.05) is 20.3 Å². The number of hydrogen-bond donors (Lipinski definition) is 9. The Bertz CT molecular complexity index is 1320. The average molecular weight is 689 g/mol. The summed E-state index contributed by atoms with van der Waals surface area (Å²) in [6.45, 7) is 4.02. The first-order chi connectivity index (χ1) is 23.4. The van der Waals surface area contributed by atoms with Gasteiger partial charge in [-0.25, -0.2) is 4.98 Å². The first-order valence-corrected chi connectivity index (χ1v) is 17.0. The van der Waals surface area contributed by atoms with E-state index < -0.39 is 72.2 Å². The van der Waals surface area contributed by atoms with Gasteiger partial charge >= 0.3 is 0 Å². The normalized spacial score (nSPS) is 25.1. The molecule has 0 radical (unpaired) electrons. The number of hydrogen-bond acceptors (Lipinski definition) is 9. The molecule has 0 saturated carbocycles. The number of carbonyl (C=O) groups is 6. The number of fused-ring (bicyclic) bond motifs is 1. The zero-order valence-electron chi connectivity index (χ0n) is 28.3. The Hall–Kier alpha value is -4.74. The van der Waals surface area contributed by atoms with Gasteiger partial charge in [-0.05, 0) is 57.4 Å². The number of nitrogens with one attached hydrogen (secondary N) is 6. The third kappa shape index (κ3) is 11.7. The van der Waals surface area contributed by atoms with Crippen LogP contribution in [0.2, 0.25) is 0 Å². The minimum atomic E-state index is -1.12. The molecule has 49 heavy (non-hydrogen) atoms. The largest absolute Gasteiger partial charge is 0.370 e. The number of guanidine groups is 1. The topological polar surface area (TPSA) is 285 Å². The first kappa shape index (κ1) is 38.7. The molecule has 6 atom stereocenters. The maximum absolute atomic E-state index is 14.0. The number of aromatic nitrogens is 2. The average Bonchev–Trinajstić information content (AvgIpc) is 3.78. The molecule has 1 aromatic rings. The Morgan fingerprint density at radius 3 is 2.35 bits per heavy atom. The third-order valence-electron chi connectivity index (χ3n) is 8.83. The summed E-state index contributed by atoms with van der Waals surface area (Å²) < 4.78 is 0. The maximum atomic E-state index is 14.0. The molecule has 3 heterocycles. The van der Waals surface area contributed by atoms with Crippen molar-refractivity contribution in [3.63, 3.8) is 0 Å². The SMILES string of the molecule is CC[C@@H](C)[C@@H]1NC(=O)[C@H](CCCN=C(N)N)NC(=O)CNC(=O)[C@H](Cc2cnc[nH]2)NC(=O)[C@@H]2CCCN2C(=O)[C@H](CCCCN)NC1=O. The molecule has 0 aromatic carbocycles. The van der Waals surface area contributed by atoms with Crippen molar-refractivity contribution in [2.75, 3.05) is 26.2 Å². The fourth-order valence-electron chi connectivity index (χ4n) is 5.87. The summed E-state index contributed by atoms with van der Waals surface area (Å²) >= 11 is 0. The predicted octanol–water partition coefficient (Wildman–Crippen LogP) is -2.76. The minimum Gasteiger partial charge on any atom is -0.370 e. The highest BCUT2D eigenvalue weighted by Gasteiger charge is 2.40. The second-order valence-corrected chi connectivity index (χ2v) is 12.5. The lowest BCUT2D eigenvalue weighted by molar-refractivity contribution is -0.143. The number of nitrogens with zero attached hydrogens (tertiary/aromatic N) is 3. The summed E-state index contributed by atoms with van der Waals surface area (Å²) in [5, 5.41) is 13.6. The van der Waals surface area contributed by atoms with Crippen LogP contribution in [-0.2, 0) is 35.2 Å². The van der Waals surface area contributed by atoms with Gasteiger partial charge in [0.15, 0.2) is 5.96 Å². The summed E-state index contributed by atoms with van der Waals surface area (Å²) in [4.78, 5) is 94.0. The second kappa shape index (κ2) is 19.3. The van der Waals surface area contributed by atoms with E-state index >= 15 is 0 Å². The molecule has 18 heteroatoms. The van der Waals surface area contributed by atoms with Crippen LogP contribution in [0.5, 0.6) is 0 Å². The minimum absolute atomic E-state index is 0.0322. The summed E-state index contributed by atoms with van der Waals surface area (Å²) in [7, 11) is 0. The second-order valence-electron chi connectivity index (χ2n) is 12.5. The molecular formula is C31H52N12O6. The van der Waals surface area contributed by atoms with E-state index in [9.17, 15) is 28.8 Å². The molecule has 272 valence electrons. The molecule has 2 aliphatic heterocycles. The quantitative estimate of drug-likeness (QED) is 0.0619. The highest BCUT2D eigenvalue weighted by Crippen LogP contribution is 2.21.